The van der Waals surface area contributed by atoms with Crippen molar-refractivity contribution in [2.45, 2.75) is 38.3 Å². The Morgan fingerprint density at radius 2 is 2.10 bits per heavy atom. The molecule has 0 bridgehead atoms. The Morgan fingerprint density at radius 1 is 1.43 bits per heavy atom. The lowest BCUT2D eigenvalue weighted by Gasteiger charge is -2.33. The molecule has 6 nitrogen and oxygen atoms in total. The van der Waals surface area contributed by atoms with Crippen molar-refractivity contribution in [1.29, 1.82) is 0 Å². The number of hydrogen-bond acceptors (Lipinski definition) is 5. The fourth-order valence-electron chi connectivity index (χ4n) is 2.84. The molecular formula is C15H22N2O4. The van der Waals surface area contributed by atoms with Crippen LogP contribution in [0.1, 0.15) is 26.7 Å². The average Bonchev–Trinajstić information content (AvgIpc) is 2.88. The van der Waals surface area contributed by atoms with E-state index in [9.17, 15) is 15.2 Å². The first-order valence-electron chi connectivity index (χ1n) is 7.21. The molecule has 1 heterocycles. The number of non-ortho nitro benzene ring substituents is 1. The van der Waals surface area contributed by atoms with E-state index >= 15 is 0 Å². The molecule has 0 spiro atoms. The minimum atomic E-state index is -0.705. The summed E-state index contributed by atoms with van der Waals surface area (Å²) in [5.41, 5.74) is -0.645. The van der Waals surface area contributed by atoms with Crippen LogP contribution >= 0.6 is 0 Å². The van der Waals surface area contributed by atoms with Gasteiger partial charge in [-0.3, -0.25) is 15.0 Å². The van der Waals surface area contributed by atoms with Gasteiger partial charge >= 0.3 is 0 Å². The highest BCUT2D eigenvalue weighted by atomic mass is 16.6. The molecule has 1 aromatic carbocycles. The van der Waals surface area contributed by atoms with E-state index in [4.69, 9.17) is 4.74 Å². The van der Waals surface area contributed by atoms with Crippen molar-refractivity contribution in [3.05, 3.63) is 34.4 Å². The zero-order valence-electron chi connectivity index (χ0n) is 12.5. The van der Waals surface area contributed by atoms with E-state index in [0.29, 0.717) is 12.4 Å². The molecule has 1 unspecified atom stereocenters. The van der Waals surface area contributed by atoms with E-state index in [1.165, 1.54) is 12.1 Å². The van der Waals surface area contributed by atoms with Crippen LogP contribution in [0.3, 0.4) is 0 Å². The lowest BCUT2D eigenvalue weighted by molar-refractivity contribution is -0.384. The third-order valence-electron chi connectivity index (χ3n) is 3.87. The Kier molecular flexibility index (Phi) is 4.80. The zero-order valence-corrected chi connectivity index (χ0v) is 12.5. The van der Waals surface area contributed by atoms with Gasteiger partial charge in [0.05, 0.1) is 10.5 Å². The molecule has 1 aliphatic rings. The minimum Gasteiger partial charge on any atom is -0.492 e. The topological polar surface area (TPSA) is 75.8 Å². The van der Waals surface area contributed by atoms with Crippen LogP contribution in [-0.2, 0) is 0 Å². The fourth-order valence-corrected chi connectivity index (χ4v) is 2.84. The van der Waals surface area contributed by atoms with Crippen molar-refractivity contribution in [2.24, 2.45) is 0 Å². The summed E-state index contributed by atoms with van der Waals surface area (Å²) in [5, 5.41) is 20.7. The van der Waals surface area contributed by atoms with Crippen molar-refractivity contribution >= 4 is 5.69 Å². The van der Waals surface area contributed by atoms with Crippen molar-refractivity contribution in [3.8, 4) is 5.75 Å². The summed E-state index contributed by atoms with van der Waals surface area (Å²) in [6, 6.07) is 6.25. The molecule has 21 heavy (non-hydrogen) atoms. The van der Waals surface area contributed by atoms with Crippen LogP contribution in [-0.4, -0.2) is 46.3 Å². The van der Waals surface area contributed by atoms with Gasteiger partial charge in [0.25, 0.3) is 5.69 Å². The van der Waals surface area contributed by atoms with Crippen LogP contribution in [0.25, 0.3) is 0 Å². The molecule has 1 aliphatic heterocycles. The van der Waals surface area contributed by atoms with Crippen LogP contribution in [0, 0.1) is 10.1 Å². The van der Waals surface area contributed by atoms with Crippen LogP contribution in [0.4, 0.5) is 5.69 Å². The molecule has 1 aromatic rings. The van der Waals surface area contributed by atoms with Crippen LogP contribution in [0.2, 0.25) is 0 Å². The molecule has 0 aromatic heterocycles. The quantitative estimate of drug-likeness (QED) is 0.643. The second-order valence-electron chi connectivity index (χ2n) is 5.95. The van der Waals surface area contributed by atoms with E-state index in [-0.39, 0.29) is 11.7 Å². The average molecular weight is 294 g/mol. The van der Waals surface area contributed by atoms with E-state index in [2.05, 4.69) is 4.90 Å². The van der Waals surface area contributed by atoms with Crippen molar-refractivity contribution in [1.82, 2.24) is 4.90 Å². The summed E-state index contributed by atoms with van der Waals surface area (Å²) in [6.07, 6.45) is 2.09. The van der Waals surface area contributed by atoms with Crippen LogP contribution in [0.15, 0.2) is 24.3 Å². The maximum Gasteiger partial charge on any atom is 0.269 e. The number of nitro groups is 1. The second kappa shape index (κ2) is 6.41. The van der Waals surface area contributed by atoms with E-state index in [1.807, 2.05) is 13.8 Å². The smallest absolute Gasteiger partial charge is 0.269 e. The maximum absolute atomic E-state index is 10.6. The Balaban J connectivity index is 1.82. The molecule has 1 atom stereocenters. The first kappa shape index (κ1) is 15.7. The summed E-state index contributed by atoms with van der Waals surface area (Å²) < 4.78 is 5.62. The van der Waals surface area contributed by atoms with Crippen LogP contribution < -0.4 is 4.74 Å². The Hall–Kier alpha value is -1.66. The summed E-state index contributed by atoms with van der Waals surface area (Å²) in [6.45, 7) is 5.90. The van der Waals surface area contributed by atoms with Gasteiger partial charge in [-0.15, -0.1) is 0 Å². The summed E-state index contributed by atoms with van der Waals surface area (Å²) in [4.78, 5) is 12.4. The fraction of sp³-hybridized carbons (Fsp3) is 0.600. The number of ether oxygens (including phenoxy) is 1. The Labute approximate surface area is 124 Å². The number of benzene rings is 1. The predicted octanol–water partition coefficient (Wildman–Crippen LogP) is 2.21. The number of nitro benzene ring substituents is 1. The molecule has 0 aliphatic carbocycles. The number of likely N-dealkylation sites (tertiary alicyclic amines) is 1. The van der Waals surface area contributed by atoms with Gasteiger partial charge in [-0.05, 0) is 45.4 Å². The number of rotatable bonds is 6. The van der Waals surface area contributed by atoms with Crippen LogP contribution in [0.5, 0.6) is 5.75 Å². The summed E-state index contributed by atoms with van der Waals surface area (Å²) in [7, 11) is 0. The predicted molar refractivity (Wildman–Crippen MR) is 79.5 cm³/mol. The van der Waals surface area contributed by atoms with Crippen molar-refractivity contribution in [2.75, 3.05) is 19.7 Å². The minimum absolute atomic E-state index is 0.0592. The van der Waals surface area contributed by atoms with E-state index in [0.717, 1.165) is 25.9 Å². The molecule has 1 N–H and O–H groups in total. The summed E-state index contributed by atoms with van der Waals surface area (Å²) >= 11 is 0. The monoisotopic (exact) mass is 294 g/mol. The number of aliphatic hydroxyl groups is 1. The normalized spacial score (nSPS) is 19.7. The van der Waals surface area contributed by atoms with Gasteiger partial charge in [0.1, 0.15) is 12.4 Å². The Bertz CT molecular complexity index is 481. The number of nitrogens with zero attached hydrogens (tertiary/aromatic N) is 2. The standard InChI is InChI=1S/C15H22N2O4/c1-15(2,18)14-4-3-9-16(14)10-11-21-13-7-5-12(6-8-13)17(19)20/h5-8,14,18H,3-4,9-11H2,1-2H3. The highest BCUT2D eigenvalue weighted by Crippen LogP contribution is 2.26. The third kappa shape index (κ3) is 4.15. The van der Waals surface area contributed by atoms with Gasteiger partial charge in [0.2, 0.25) is 0 Å². The van der Waals surface area contributed by atoms with E-state index in [1.54, 1.807) is 12.1 Å². The van der Waals surface area contributed by atoms with Gasteiger partial charge in [-0.1, -0.05) is 0 Å². The Morgan fingerprint density at radius 3 is 2.67 bits per heavy atom. The van der Waals surface area contributed by atoms with Gasteiger partial charge < -0.3 is 9.84 Å². The third-order valence-corrected chi connectivity index (χ3v) is 3.87. The number of hydrogen-bond donors (Lipinski definition) is 1. The molecule has 0 radical (unpaired) electrons. The summed E-state index contributed by atoms with van der Waals surface area (Å²) in [5.74, 6) is 0.625. The largest absolute Gasteiger partial charge is 0.492 e. The maximum atomic E-state index is 10.6. The molecule has 116 valence electrons. The second-order valence-corrected chi connectivity index (χ2v) is 5.95. The van der Waals surface area contributed by atoms with Crippen molar-refractivity contribution in [3.63, 3.8) is 0 Å². The van der Waals surface area contributed by atoms with Gasteiger partial charge in [-0.2, -0.15) is 0 Å². The highest BCUT2D eigenvalue weighted by Gasteiger charge is 2.35. The highest BCUT2D eigenvalue weighted by molar-refractivity contribution is 5.35. The molecule has 6 heteroatoms. The molecule has 2 rings (SSSR count). The van der Waals surface area contributed by atoms with Crippen molar-refractivity contribution < 1.29 is 14.8 Å². The molecule has 1 saturated heterocycles. The SMILES string of the molecule is CC(C)(O)C1CCCN1CCOc1ccc([N+](=O)[O-])cc1. The lowest BCUT2D eigenvalue weighted by atomic mass is 9.97. The first-order valence-corrected chi connectivity index (χ1v) is 7.21. The van der Waals surface area contributed by atoms with E-state index < -0.39 is 10.5 Å². The lowest BCUT2D eigenvalue weighted by Crippen LogP contribution is -2.46. The molecular weight excluding hydrogens is 272 g/mol. The molecule has 0 amide bonds. The van der Waals surface area contributed by atoms with Gasteiger partial charge in [0, 0.05) is 24.7 Å². The zero-order chi connectivity index (χ0) is 15.5. The van der Waals surface area contributed by atoms with Gasteiger partial charge in [0.15, 0.2) is 0 Å². The molecule has 0 saturated carbocycles. The molecule has 1 fully saturated rings. The van der Waals surface area contributed by atoms with Gasteiger partial charge in [-0.25, -0.2) is 0 Å². The first-order chi connectivity index (χ1) is 9.88.